The van der Waals surface area contributed by atoms with Crippen molar-refractivity contribution in [3.8, 4) is 5.75 Å². The minimum atomic E-state index is -0.562. The van der Waals surface area contributed by atoms with Crippen LogP contribution in [0.1, 0.15) is 13.8 Å². The zero-order valence-electron chi connectivity index (χ0n) is 9.52. The lowest BCUT2D eigenvalue weighted by Crippen LogP contribution is -2.03. The van der Waals surface area contributed by atoms with Gasteiger partial charge in [-0.1, -0.05) is 0 Å². The fraction of sp³-hybridized carbons (Fsp3) is 0.273. The van der Waals surface area contributed by atoms with Crippen molar-refractivity contribution in [3.05, 3.63) is 24.3 Å². The summed E-state index contributed by atoms with van der Waals surface area (Å²) in [4.78, 5) is 19.6. The molecule has 5 nitrogen and oxygen atoms in total. The van der Waals surface area contributed by atoms with Crippen molar-refractivity contribution in [2.75, 3.05) is 12.8 Å². The number of ether oxygens (including phenoxy) is 2. The lowest BCUT2D eigenvalue weighted by molar-refractivity contribution is -0.156. The van der Waals surface area contributed by atoms with Crippen LogP contribution in [0.2, 0.25) is 0 Å². The van der Waals surface area contributed by atoms with Crippen LogP contribution in [0.4, 0.5) is 5.69 Å². The first-order valence-corrected chi connectivity index (χ1v) is 4.54. The normalized spacial score (nSPS) is 8.44. The Hall–Kier alpha value is -2.04. The Morgan fingerprint density at radius 2 is 1.50 bits per heavy atom. The molecule has 0 aromatic heterocycles. The van der Waals surface area contributed by atoms with E-state index in [-0.39, 0.29) is 0 Å². The molecule has 1 rings (SSSR count). The molecule has 0 amide bonds. The van der Waals surface area contributed by atoms with Crippen LogP contribution in [0.5, 0.6) is 5.75 Å². The van der Waals surface area contributed by atoms with E-state index in [2.05, 4.69) is 4.74 Å². The highest BCUT2D eigenvalue weighted by atomic mass is 16.6. The zero-order valence-corrected chi connectivity index (χ0v) is 9.52. The minimum Gasteiger partial charge on any atom is -0.497 e. The van der Waals surface area contributed by atoms with E-state index in [1.165, 1.54) is 13.8 Å². The molecule has 0 aliphatic heterocycles. The van der Waals surface area contributed by atoms with Crippen LogP contribution in [0.15, 0.2) is 24.3 Å². The summed E-state index contributed by atoms with van der Waals surface area (Å²) in [5.74, 6) is -0.288. The van der Waals surface area contributed by atoms with E-state index >= 15 is 0 Å². The summed E-state index contributed by atoms with van der Waals surface area (Å²) in [7, 11) is 1.63. The number of carbonyl (C=O) groups is 2. The largest absolute Gasteiger partial charge is 0.497 e. The summed E-state index contributed by atoms with van der Waals surface area (Å²) in [6.45, 7) is 2.36. The third-order valence-electron chi connectivity index (χ3n) is 1.40. The number of hydrogen-bond acceptors (Lipinski definition) is 5. The van der Waals surface area contributed by atoms with E-state index in [9.17, 15) is 9.59 Å². The van der Waals surface area contributed by atoms with Crippen LogP contribution >= 0.6 is 0 Å². The molecule has 0 saturated carbocycles. The van der Waals surface area contributed by atoms with Gasteiger partial charge in [0.25, 0.3) is 0 Å². The van der Waals surface area contributed by atoms with E-state index in [0.717, 1.165) is 11.4 Å². The summed E-state index contributed by atoms with van der Waals surface area (Å²) in [6.07, 6.45) is 0. The number of anilines is 1. The van der Waals surface area contributed by atoms with E-state index in [1.54, 1.807) is 19.2 Å². The quantitative estimate of drug-likeness (QED) is 0.443. The summed E-state index contributed by atoms with van der Waals surface area (Å²) in [5.41, 5.74) is 6.19. The average Bonchev–Trinajstić information content (AvgIpc) is 2.17. The highest BCUT2D eigenvalue weighted by Gasteiger charge is 1.93. The van der Waals surface area contributed by atoms with Crippen molar-refractivity contribution in [2.24, 2.45) is 0 Å². The van der Waals surface area contributed by atoms with Gasteiger partial charge in [0.15, 0.2) is 0 Å². The summed E-state index contributed by atoms with van der Waals surface area (Å²) in [6, 6.07) is 7.27. The molecule has 88 valence electrons. The predicted molar refractivity (Wildman–Crippen MR) is 59.9 cm³/mol. The van der Waals surface area contributed by atoms with Crippen LogP contribution < -0.4 is 10.5 Å². The van der Waals surface area contributed by atoms with Crippen molar-refractivity contribution in [1.82, 2.24) is 0 Å². The number of rotatable bonds is 1. The van der Waals surface area contributed by atoms with Crippen molar-refractivity contribution >= 4 is 17.6 Å². The number of nitrogen functional groups attached to an aromatic ring is 1. The fourth-order valence-electron chi connectivity index (χ4n) is 0.806. The second kappa shape index (κ2) is 7.28. The van der Waals surface area contributed by atoms with E-state index in [0.29, 0.717) is 0 Å². The second-order valence-corrected chi connectivity index (χ2v) is 2.86. The van der Waals surface area contributed by atoms with Gasteiger partial charge in [-0.15, -0.1) is 0 Å². The zero-order chi connectivity index (χ0) is 12.6. The van der Waals surface area contributed by atoms with Gasteiger partial charge in [-0.25, -0.2) is 0 Å². The third kappa shape index (κ3) is 7.37. The first kappa shape index (κ1) is 14.0. The molecule has 0 saturated heterocycles. The van der Waals surface area contributed by atoms with Gasteiger partial charge in [-0.3, -0.25) is 9.59 Å². The molecule has 0 fully saturated rings. The van der Waals surface area contributed by atoms with Gasteiger partial charge in [0.2, 0.25) is 0 Å². The van der Waals surface area contributed by atoms with Crippen molar-refractivity contribution in [1.29, 1.82) is 0 Å². The summed E-state index contributed by atoms with van der Waals surface area (Å²) >= 11 is 0. The fourth-order valence-corrected chi connectivity index (χ4v) is 0.806. The van der Waals surface area contributed by atoms with Gasteiger partial charge >= 0.3 is 11.9 Å². The first-order chi connectivity index (χ1) is 7.45. The number of esters is 2. The molecular formula is C11H15NO4. The maximum absolute atomic E-state index is 9.81. The molecule has 0 spiro atoms. The van der Waals surface area contributed by atoms with Gasteiger partial charge in [0, 0.05) is 19.5 Å². The molecule has 0 aliphatic rings. The maximum Gasteiger partial charge on any atom is 0.310 e. The Morgan fingerprint density at radius 3 is 1.75 bits per heavy atom. The molecule has 1 aromatic carbocycles. The molecule has 1 aromatic rings. The van der Waals surface area contributed by atoms with Crippen molar-refractivity contribution in [3.63, 3.8) is 0 Å². The van der Waals surface area contributed by atoms with Gasteiger partial charge < -0.3 is 15.2 Å². The lowest BCUT2D eigenvalue weighted by atomic mass is 10.3. The molecule has 0 atom stereocenters. The predicted octanol–water partition coefficient (Wildman–Crippen LogP) is 1.37. The monoisotopic (exact) mass is 225 g/mol. The van der Waals surface area contributed by atoms with Crippen LogP contribution in [-0.2, 0) is 14.3 Å². The van der Waals surface area contributed by atoms with Gasteiger partial charge in [0.1, 0.15) is 5.75 Å². The molecule has 5 heteroatoms. The molecule has 0 aliphatic carbocycles. The smallest absolute Gasteiger partial charge is 0.310 e. The van der Waals surface area contributed by atoms with Crippen LogP contribution in [0, 0.1) is 0 Å². The van der Waals surface area contributed by atoms with E-state index < -0.39 is 11.9 Å². The van der Waals surface area contributed by atoms with E-state index in [1.807, 2.05) is 12.1 Å². The Bertz CT molecular complexity index is 334. The Labute approximate surface area is 94.2 Å². The van der Waals surface area contributed by atoms with Crippen LogP contribution in [0.3, 0.4) is 0 Å². The standard InChI is InChI=1S/C7H9NO.C4H6O3/c1-9-7-4-2-6(8)3-5-7;1-3(5)7-4(2)6/h2-5H,8H2,1H3;1-2H3. The maximum atomic E-state index is 9.81. The number of nitrogens with two attached hydrogens (primary N) is 1. The van der Waals surface area contributed by atoms with Crippen molar-refractivity contribution in [2.45, 2.75) is 13.8 Å². The Kier molecular flexibility index (Phi) is 6.35. The molecule has 0 radical (unpaired) electrons. The van der Waals surface area contributed by atoms with Gasteiger partial charge in [-0.2, -0.15) is 0 Å². The number of benzene rings is 1. The number of methoxy groups -OCH3 is 1. The lowest BCUT2D eigenvalue weighted by Gasteiger charge is -1.97. The average molecular weight is 225 g/mol. The molecule has 2 N–H and O–H groups in total. The molecular weight excluding hydrogens is 210 g/mol. The molecule has 0 unspecified atom stereocenters. The Balaban J connectivity index is 0.000000293. The number of carbonyl (C=O) groups excluding carboxylic acids is 2. The SMILES string of the molecule is CC(=O)OC(C)=O.COc1ccc(N)cc1. The third-order valence-corrected chi connectivity index (χ3v) is 1.40. The highest BCUT2D eigenvalue weighted by molar-refractivity contribution is 5.82. The second-order valence-electron chi connectivity index (χ2n) is 2.86. The van der Waals surface area contributed by atoms with E-state index in [4.69, 9.17) is 10.5 Å². The van der Waals surface area contributed by atoms with Gasteiger partial charge in [-0.05, 0) is 24.3 Å². The van der Waals surface area contributed by atoms with Crippen LogP contribution in [-0.4, -0.2) is 19.0 Å². The molecule has 0 heterocycles. The highest BCUT2D eigenvalue weighted by Crippen LogP contribution is 2.11. The van der Waals surface area contributed by atoms with Gasteiger partial charge in [0.05, 0.1) is 7.11 Å². The Morgan fingerprint density at radius 1 is 1.06 bits per heavy atom. The minimum absolute atomic E-state index is 0.562. The number of hydrogen-bond donors (Lipinski definition) is 1. The molecule has 0 bridgehead atoms. The molecule has 16 heavy (non-hydrogen) atoms. The summed E-state index contributed by atoms with van der Waals surface area (Å²) < 4.78 is 8.89. The topological polar surface area (TPSA) is 78.6 Å². The first-order valence-electron chi connectivity index (χ1n) is 4.54. The summed E-state index contributed by atoms with van der Waals surface area (Å²) in [5, 5.41) is 0. The van der Waals surface area contributed by atoms with Crippen LogP contribution in [0.25, 0.3) is 0 Å². The van der Waals surface area contributed by atoms with Crippen molar-refractivity contribution < 1.29 is 19.1 Å².